The van der Waals surface area contributed by atoms with E-state index in [4.69, 9.17) is 5.73 Å². The number of nitrogens with zero attached hydrogens (tertiary/aromatic N) is 1. The smallest absolute Gasteiger partial charge is 0.270 e. The number of nitrogens with two attached hydrogens (primary N) is 1. The third-order valence-corrected chi connectivity index (χ3v) is 3.96. The average Bonchev–Trinajstić information content (AvgIpc) is 2.38. The van der Waals surface area contributed by atoms with Gasteiger partial charge >= 0.3 is 0 Å². The van der Waals surface area contributed by atoms with Gasteiger partial charge in [0.25, 0.3) is 5.69 Å². The molecule has 0 heterocycles. The second kappa shape index (κ2) is 6.15. The van der Waals surface area contributed by atoms with E-state index in [0.717, 1.165) is 18.5 Å². The lowest BCUT2D eigenvalue weighted by Crippen LogP contribution is -2.44. The van der Waals surface area contributed by atoms with Crippen LogP contribution in [0.25, 0.3) is 0 Å². The van der Waals surface area contributed by atoms with Crippen LogP contribution in [-0.4, -0.2) is 17.0 Å². The zero-order valence-corrected chi connectivity index (χ0v) is 12.2. The summed E-state index contributed by atoms with van der Waals surface area (Å²) in [4.78, 5) is 10.3. The number of nitro benzene ring substituents is 1. The van der Waals surface area contributed by atoms with Gasteiger partial charge in [-0.2, -0.15) is 0 Å². The molecular weight excluding hydrogens is 298 g/mol. The standard InChI is InChI=1S/C12H18BrN3O2/c1-3-12(4-2,8-14)15-11-6-5-9(16(17)18)7-10(11)13/h5-7,15H,3-4,8,14H2,1-2H3. The van der Waals surface area contributed by atoms with Gasteiger partial charge in [-0.1, -0.05) is 13.8 Å². The molecule has 0 aliphatic carbocycles. The Morgan fingerprint density at radius 1 is 1.44 bits per heavy atom. The number of nitrogens with one attached hydrogen (secondary N) is 1. The minimum absolute atomic E-state index is 0.0683. The van der Waals surface area contributed by atoms with Gasteiger partial charge in [0, 0.05) is 34.4 Å². The Morgan fingerprint density at radius 3 is 2.44 bits per heavy atom. The first-order chi connectivity index (χ1) is 8.48. The van der Waals surface area contributed by atoms with Crippen LogP contribution in [0.5, 0.6) is 0 Å². The van der Waals surface area contributed by atoms with Crippen molar-refractivity contribution < 1.29 is 4.92 Å². The fourth-order valence-electron chi connectivity index (χ4n) is 1.77. The lowest BCUT2D eigenvalue weighted by atomic mass is 9.92. The van der Waals surface area contributed by atoms with E-state index in [1.165, 1.54) is 12.1 Å². The minimum Gasteiger partial charge on any atom is -0.377 e. The topological polar surface area (TPSA) is 81.2 Å². The highest BCUT2D eigenvalue weighted by Gasteiger charge is 2.25. The summed E-state index contributed by atoms with van der Waals surface area (Å²) in [6.45, 7) is 4.66. The highest BCUT2D eigenvalue weighted by molar-refractivity contribution is 9.10. The molecule has 0 fully saturated rings. The predicted molar refractivity (Wildman–Crippen MR) is 76.8 cm³/mol. The molecule has 100 valence electrons. The van der Waals surface area contributed by atoms with Crippen LogP contribution in [0, 0.1) is 10.1 Å². The molecule has 0 saturated heterocycles. The van der Waals surface area contributed by atoms with Gasteiger partial charge in [-0.15, -0.1) is 0 Å². The van der Waals surface area contributed by atoms with E-state index in [1.54, 1.807) is 6.07 Å². The lowest BCUT2D eigenvalue weighted by molar-refractivity contribution is -0.384. The van der Waals surface area contributed by atoms with Gasteiger partial charge in [-0.3, -0.25) is 10.1 Å². The van der Waals surface area contributed by atoms with Crippen molar-refractivity contribution in [2.75, 3.05) is 11.9 Å². The summed E-state index contributed by atoms with van der Waals surface area (Å²) >= 11 is 3.35. The monoisotopic (exact) mass is 315 g/mol. The Labute approximate surface area is 115 Å². The van der Waals surface area contributed by atoms with Gasteiger partial charge < -0.3 is 11.1 Å². The van der Waals surface area contributed by atoms with Crippen molar-refractivity contribution in [1.29, 1.82) is 0 Å². The van der Waals surface area contributed by atoms with Gasteiger partial charge in [0.05, 0.1) is 4.92 Å². The predicted octanol–water partition coefficient (Wildman–Crippen LogP) is 3.29. The largest absolute Gasteiger partial charge is 0.377 e. The highest BCUT2D eigenvalue weighted by Crippen LogP contribution is 2.30. The van der Waals surface area contributed by atoms with Crippen molar-refractivity contribution >= 4 is 27.3 Å². The molecule has 0 aliphatic rings. The maximum atomic E-state index is 10.7. The zero-order valence-electron chi connectivity index (χ0n) is 10.6. The van der Waals surface area contributed by atoms with Crippen LogP contribution in [0.2, 0.25) is 0 Å². The Balaban J connectivity index is 3.01. The van der Waals surface area contributed by atoms with Crippen LogP contribution in [0.4, 0.5) is 11.4 Å². The second-order valence-electron chi connectivity index (χ2n) is 4.24. The number of anilines is 1. The van der Waals surface area contributed by atoms with E-state index >= 15 is 0 Å². The number of hydrogen-bond acceptors (Lipinski definition) is 4. The van der Waals surface area contributed by atoms with E-state index in [1.807, 2.05) is 0 Å². The van der Waals surface area contributed by atoms with Crippen LogP contribution in [0.15, 0.2) is 22.7 Å². The molecule has 3 N–H and O–H groups in total. The summed E-state index contributed by atoms with van der Waals surface area (Å²) in [5.41, 5.74) is 6.55. The molecule has 5 nitrogen and oxygen atoms in total. The second-order valence-corrected chi connectivity index (χ2v) is 5.09. The summed E-state index contributed by atoms with van der Waals surface area (Å²) in [6.07, 6.45) is 1.78. The van der Waals surface area contributed by atoms with E-state index in [0.29, 0.717) is 11.0 Å². The molecule has 1 aromatic rings. The quantitative estimate of drug-likeness (QED) is 0.623. The van der Waals surface area contributed by atoms with Crippen LogP contribution in [0.1, 0.15) is 26.7 Å². The zero-order chi connectivity index (χ0) is 13.8. The summed E-state index contributed by atoms with van der Waals surface area (Å²) in [6, 6.07) is 4.69. The lowest BCUT2D eigenvalue weighted by Gasteiger charge is -2.33. The van der Waals surface area contributed by atoms with Gasteiger partial charge in [0.1, 0.15) is 0 Å². The van der Waals surface area contributed by atoms with Crippen molar-refractivity contribution in [3.63, 3.8) is 0 Å². The fourth-order valence-corrected chi connectivity index (χ4v) is 2.24. The van der Waals surface area contributed by atoms with Crippen molar-refractivity contribution in [2.24, 2.45) is 5.73 Å². The molecule has 0 aromatic heterocycles. The average molecular weight is 316 g/mol. The third kappa shape index (κ3) is 3.20. The molecular formula is C12H18BrN3O2. The van der Waals surface area contributed by atoms with E-state index in [9.17, 15) is 10.1 Å². The summed E-state index contributed by atoms with van der Waals surface area (Å²) in [7, 11) is 0. The van der Waals surface area contributed by atoms with Crippen molar-refractivity contribution in [3.05, 3.63) is 32.8 Å². The third-order valence-electron chi connectivity index (χ3n) is 3.31. The number of hydrogen-bond donors (Lipinski definition) is 2. The Hall–Kier alpha value is -1.14. The number of benzene rings is 1. The number of nitro groups is 1. The maximum Gasteiger partial charge on any atom is 0.270 e. The summed E-state index contributed by atoms with van der Waals surface area (Å²) in [5.74, 6) is 0. The SMILES string of the molecule is CCC(CC)(CN)Nc1ccc([N+](=O)[O-])cc1Br. The van der Waals surface area contributed by atoms with Crippen LogP contribution < -0.4 is 11.1 Å². The molecule has 0 unspecified atom stereocenters. The minimum atomic E-state index is -0.412. The first-order valence-electron chi connectivity index (χ1n) is 5.90. The molecule has 0 radical (unpaired) electrons. The first kappa shape index (κ1) is 14.9. The van der Waals surface area contributed by atoms with Crippen molar-refractivity contribution in [1.82, 2.24) is 0 Å². The maximum absolute atomic E-state index is 10.7. The van der Waals surface area contributed by atoms with Crippen LogP contribution in [0.3, 0.4) is 0 Å². The normalized spacial score (nSPS) is 11.3. The fraction of sp³-hybridized carbons (Fsp3) is 0.500. The Kier molecular flexibility index (Phi) is 5.10. The number of rotatable bonds is 6. The van der Waals surface area contributed by atoms with Crippen LogP contribution >= 0.6 is 15.9 Å². The van der Waals surface area contributed by atoms with Crippen LogP contribution in [-0.2, 0) is 0 Å². The Bertz CT molecular complexity index is 425. The molecule has 0 aliphatic heterocycles. The molecule has 0 atom stereocenters. The molecule has 0 amide bonds. The number of non-ortho nitro benzene ring substituents is 1. The van der Waals surface area contributed by atoms with Gasteiger partial charge in [0.15, 0.2) is 0 Å². The van der Waals surface area contributed by atoms with E-state index in [-0.39, 0.29) is 11.2 Å². The van der Waals surface area contributed by atoms with E-state index < -0.39 is 4.92 Å². The molecule has 18 heavy (non-hydrogen) atoms. The molecule has 1 aromatic carbocycles. The van der Waals surface area contributed by atoms with Crippen molar-refractivity contribution in [3.8, 4) is 0 Å². The summed E-state index contributed by atoms with van der Waals surface area (Å²) in [5, 5.41) is 14.0. The van der Waals surface area contributed by atoms with Gasteiger partial charge in [-0.25, -0.2) is 0 Å². The van der Waals surface area contributed by atoms with E-state index in [2.05, 4.69) is 35.1 Å². The molecule has 0 spiro atoms. The molecule has 0 bridgehead atoms. The first-order valence-corrected chi connectivity index (χ1v) is 6.69. The molecule has 0 saturated carbocycles. The Morgan fingerprint density at radius 2 is 2.06 bits per heavy atom. The number of halogens is 1. The van der Waals surface area contributed by atoms with Gasteiger partial charge in [0.2, 0.25) is 0 Å². The molecule has 6 heteroatoms. The highest BCUT2D eigenvalue weighted by atomic mass is 79.9. The van der Waals surface area contributed by atoms with Crippen molar-refractivity contribution in [2.45, 2.75) is 32.2 Å². The summed E-state index contributed by atoms with van der Waals surface area (Å²) < 4.78 is 0.677. The van der Waals surface area contributed by atoms with Gasteiger partial charge in [-0.05, 0) is 34.8 Å². The molecule has 1 rings (SSSR count).